The molecule has 0 radical (unpaired) electrons. The predicted octanol–water partition coefficient (Wildman–Crippen LogP) is 3.24. The summed E-state index contributed by atoms with van der Waals surface area (Å²) in [6.45, 7) is 6.65. The SMILES string of the molecule is CC(C)c1ccc(C(N)CNC(=O)c2cccnc2N2CCCC2)cc1. The summed E-state index contributed by atoms with van der Waals surface area (Å²) < 4.78 is 0. The van der Waals surface area contributed by atoms with Crippen molar-refractivity contribution in [3.05, 3.63) is 59.3 Å². The summed E-state index contributed by atoms with van der Waals surface area (Å²) in [5.74, 6) is 1.15. The van der Waals surface area contributed by atoms with Gasteiger partial charge in [-0.05, 0) is 42.0 Å². The van der Waals surface area contributed by atoms with E-state index in [2.05, 4.69) is 41.2 Å². The van der Waals surface area contributed by atoms with Crippen LogP contribution in [0.15, 0.2) is 42.6 Å². The first-order chi connectivity index (χ1) is 12.6. The maximum atomic E-state index is 12.7. The molecule has 5 nitrogen and oxygen atoms in total. The fourth-order valence-electron chi connectivity index (χ4n) is 3.30. The van der Waals surface area contributed by atoms with Crippen LogP contribution in [0.1, 0.15) is 60.1 Å². The molecule has 2 aromatic rings. The number of hydrogen-bond acceptors (Lipinski definition) is 4. The van der Waals surface area contributed by atoms with Gasteiger partial charge in [-0.2, -0.15) is 0 Å². The molecule has 0 saturated carbocycles. The topological polar surface area (TPSA) is 71.2 Å². The molecular weight excluding hydrogens is 324 g/mol. The number of anilines is 1. The average molecular weight is 352 g/mol. The second kappa shape index (κ2) is 8.32. The number of benzene rings is 1. The molecule has 0 bridgehead atoms. The molecule has 0 spiro atoms. The zero-order valence-corrected chi connectivity index (χ0v) is 15.6. The van der Waals surface area contributed by atoms with E-state index >= 15 is 0 Å². The Morgan fingerprint density at radius 3 is 2.46 bits per heavy atom. The maximum absolute atomic E-state index is 12.7. The number of nitrogens with zero attached hydrogens (tertiary/aromatic N) is 2. The third kappa shape index (κ3) is 4.22. The monoisotopic (exact) mass is 352 g/mol. The smallest absolute Gasteiger partial charge is 0.255 e. The van der Waals surface area contributed by atoms with Crippen molar-refractivity contribution in [2.24, 2.45) is 5.73 Å². The molecule has 1 unspecified atom stereocenters. The minimum Gasteiger partial charge on any atom is -0.356 e. The largest absolute Gasteiger partial charge is 0.356 e. The number of carbonyl (C=O) groups is 1. The van der Waals surface area contributed by atoms with Gasteiger partial charge >= 0.3 is 0 Å². The van der Waals surface area contributed by atoms with Gasteiger partial charge in [0.25, 0.3) is 5.91 Å². The first-order valence-electron chi connectivity index (χ1n) is 9.40. The van der Waals surface area contributed by atoms with Crippen LogP contribution in [0.2, 0.25) is 0 Å². The first-order valence-corrected chi connectivity index (χ1v) is 9.40. The van der Waals surface area contributed by atoms with Crippen LogP contribution in [-0.2, 0) is 0 Å². The van der Waals surface area contributed by atoms with E-state index in [1.54, 1.807) is 12.3 Å². The van der Waals surface area contributed by atoms with Crippen molar-refractivity contribution in [1.29, 1.82) is 0 Å². The van der Waals surface area contributed by atoms with Crippen molar-refractivity contribution in [2.45, 2.75) is 38.6 Å². The standard InChI is InChI=1S/C21H28N4O/c1-15(2)16-7-9-17(10-8-16)19(22)14-24-21(26)18-6-5-11-23-20(18)25-12-3-4-13-25/h5-11,15,19H,3-4,12-14,22H2,1-2H3,(H,24,26). The van der Waals surface area contributed by atoms with Gasteiger partial charge in [0.2, 0.25) is 0 Å². The maximum Gasteiger partial charge on any atom is 0.255 e. The van der Waals surface area contributed by atoms with Gasteiger partial charge in [-0.15, -0.1) is 0 Å². The zero-order chi connectivity index (χ0) is 18.5. The molecule has 1 aliphatic heterocycles. The van der Waals surface area contributed by atoms with Gasteiger partial charge in [-0.1, -0.05) is 38.1 Å². The van der Waals surface area contributed by atoms with Crippen LogP contribution < -0.4 is 16.0 Å². The number of aromatic nitrogens is 1. The molecule has 26 heavy (non-hydrogen) atoms. The van der Waals surface area contributed by atoms with E-state index in [4.69, 9.17) is 5.73 Å². The Labute approximate surface area is 155 Å². The van der Waals surface area contributed by atoms with Crippen molar-refractivity contribution in [2.75, 3.05) is 24.5 Å². The number of rotatable bonds is 6. The zero-order valence-electron chi connectivity index (χ0n) is 15.6. The normalized spacial score (nSPS) is 15.3. The minimum absolute atomic E-state index is 0.116. The number of nitrogens with one attached hydrogen (secondary N) is 1. The Hall–Kier alpha value is -2.40. The van der Waals surface area contributed by atoms with Crippen LogP contribution in [0, 0.1) is 0 Å². The van der Waals surface area contributed by atoms with Gasteiger partial charge in [0.05, 0.1) is 5.56 Å². The molecule has 138 valence electrons. The highest BCUT2D eigenvalue weighted by Crippen LogP contribution is 2.22. The average Bonchev–Trinajstić information content (AvgIpc) is 3.20. The third-order valence-corrected chi connectivity index (χ3v) is 4.95. The van der Waals surface area contributed by atoms with E-state index in [0.717, 1.165) is 37.3 Å². The fourth-order valence-corrected chi connectivity index (χ4v) is 3.30. The lowest BCUT2D eigenvalue weighted by Gasteiger charge is -2.20. The van der Waals surface area contributed by atoms with Gasteiger partial charge in [-0.25, -0.2) is 4.98 Å². The highest BCUT2D eigenvalue weighted by molar-refractivity contribution is 5.98. The molecule has 1 saturated heterocycles. The molecule has 1 amide bonds. The number of hydrogen-bond donors (Lipinski definition) is 2. The van der Waals surface area contributed by atoms with Crippen LogP contribution in [-0.4, -0.2) is 30.5 Å². The number of nitrogens with two attached hydrogens (primary N) is 1. The van der Waals surface area contributed by atoms with Crippen molar-refractivity contribution >= 4 is 11.7 Å². The second-order valence-corrected chi connectivity index (χ2v) is 7.21. The minimum atomic E-state index is -0.230. The Morgan fingerprint density at radius 1 is 1.15 bits per heavy atom. The van der Waals surface area contributed by atoms with Crippen LogP contribution in [0.5, 0.6) is 0 Å². The van der Waals surface area contributed by atoms with Crippen LogP contribution in [0.25, 0.3) is 0 Å². The molecule has 5 heteroatoms. The van der Waals surface area contributed by atoms with E-state index in [9.17, 15) is 4.79 Å². The summed E-state index contributed by atoms with van der Waals surface area (Å²) in [7, 11) is 0. The molecule has 3 N–H and O–H groups in total. The molecular formula is C21H28N4O. The van der Waals surface area contributed by atoms with Crippen molar-refractivity contribution in [3.63, 3.8) is 0 Å². The lowest BCUT2D eigenvalue weighted by atomic mass is 9.99. The van der Waals surface area contributed by atoms with Gasteiger partial charge in [0.15, 0.2) is 0 Å². The molecule has 1 aromatic carbocycles. The molecule has 1 fully saturated rings. The lowest BCUT2D eigenvalue weighted by molar-refractivity contribution is 0.0951. The summed E-state index contributed by atoms with van der Waals surface area (Å²) in [6.07, 6.45) is 4.04. The van der Waals surface area contributed by atoms with E-state index in [-0.39, 0.29) is 11.9 Å². The van der Waals surface area contributed by atoms with Crippen molar-refractivity contribution in [1.82, 2.24) is 10.3 Å². The number of carbonyl (C=O) groups excluding carboxylic acids is 1. The van der Waals surface area contributed by atoms with E-state index < -0.39 is 0 Å². The molecule has 2 heterocycles. The highest BCUT2D eigenvalue weighted by Gasteiger charge is 2.20. The van der Waals surface area contributed by atoms with E-state index in [1.807, 2.05) is 18.2 Å². The fraction of sp³-hybridized carbons (Fsp3) is 0.429. The molecule has 1 atom stereocenters. The Bertz CT molecular complexity index is 736. The Balaban J connectivity index is 1.63. The molecule has 0 aliphatic carbocycles. The predicted molar refractivity (Wildman–Crippen MR) is 105 cm³/mol. The summed E-state index contributed by atoms with van der Waals surface area (Å²) in [5.41, 5.74) is 9.20. The van der Waals surface area contributed by atoms with Gasteiger partial charge in [0, 0.05) is 31.9 Å². The Morgan fingerprint density at radius 2 is 1.81 bits per heavy atom. The van der Waals surface area contributed by atoms with Gasteiger partial charge < -0.3 is 16.0 Å². The lowest BCUT2D eigenvalue weighted by Crippen LogP contribution is -2.33. The number of amides is 1. The highest BCUT2D eigenvalue weighted by atomic mass is 16.1. The van der Waals surface area contributed by atoms with E-state index in [0.29, 0.717) is 18.0 Å². The Kier molecular flexibility index (Phi) is 5.89. The molecule has 1 aromatic heterocycles. The molecule has 1 aliphatic rings. The van der Waals surface area contributed by atoms with Gasteiger partial charge in [0.1, 0.15) is 5.82 Å². The quantitative estimate of drug-likeness (QED) is 0.837. The second-order valence-electron chi connectivity index (χ2n) is 7.21. The van der Waals surface area contributed by atoms with Crippen LogP contribution in [0.4, 0.5) is 5.82 Å². The summed E-state index contributed by atoms with van der Waals surface area (Å²) in [5, 5.41) is 2.97. The summed E-state index contributed by atoms with van der Waals surface area (Å²) >= 11 is 0. The van der Waals surface area contributed by atoms with Crippen molar-refractivity contribution < 1.29 is 4.79 Å². The van der Waals surface area contributed by atoms with Crippen LogP contribution >= 0.6 is 0 Å². The third-order valence-electron chi connectivity index (χ3n) is 4.95. The van der Waals surface area contributed by atoms with Gasteiger partial charge in [-0.3, -0.25) is 4.79 Å². The molecule has 3 rings (SSSR count). The summed E-state index contributed by atoms with van der Waals surface area (Å²) in [6, 6.07) is 11.7. The summed E-state index contributed by atoms with van der Waals surface area (Å²) in [4.78, 5) is 19.3. The number of pyridine rings is 1. The van der Waals surface area contributed by atoms with Crippen molar-refractivity contribution in [3.8, 4) is 0 Å². The van der Waals surface area contributed by atoms with Crippen LogP contribution in [0.3, 0.4) is 0 Å². The van der Waals surface area contributed by atoms with E-state index in [1.165, 1.54) is 5.56 Å². The first kappa shape index (κ1) is 18.4.